The van der Waals surface area contributed by atoms with Gasteiger partial charge < -0.3 is 0 Å². The van der Waals surface area contributed by atoms with Crippen molar-refractivity contribution >= 4 is 10.0 Å². The van der Waals surface area contributed by atoms with Crippen LogP contribution < -0.4 is 4.72 Å². The Morgan fingerprint density at radius 1 is 1.04 bits per heavy atom. The quantitative estimate of drug-likeness (QED) is 0.527. The van der Waals surface area contributed by atoms with E-state index in [2.05, 4.69) is 11.3 Å². The molecular formula is C20H25NO2S. The van der Waals surface area contributed by atoms with Crippen molar-refractivity contribution in [3.8, 4) is 0 Å². The number of allylic oxidation sites excluding steroid dienone is 1. The largest absolute Gasteiger partial charge is 0.241 e. The van der Waals surface area contributed by atoms with E-state index in [0.29, 0.717) is 4.90 Å². The van der Waals surface area contributed by atoms with Crippen molar-refractivity contribution in [3.63, 3.8) is 0 Å². The molecule has 0 amide bonds. The van der Waals surface area contributed by atoms with Gasteiger partial charge in [-0.2, -0.15) is 0 Å². The fourth-order valence-corrected chi connectivity index (χ4v) is 3.85. The lowest BCUT2D eigenvalue weighted by Crippen LogP contribution is -2.28. The van der Waals surface area contributed by atoms with Crippen LogP contribution in [0.5, 0.6) is 0 Å². The van der Waals surface area contributed by atoms with Gasteiger partial charge in [0.15, 0.2) is 0 Å². The van der Waals surface area contributed by atoms with Crippen LogP contribution in [-0.4, -0.2) is 8.42 Å². The number of nitrogens with one attached hydrogen (secondary N) is 1. The Morgan fingerprint density at radius 3 is 2.33 bits per heavy atom. The van der Waals surface area contributed by atoms with Crippen LogP contribution in [0.15, 0.2) is 72.1 Å². The number of rotatable bonds is 9. The molecule has 1 atom stereocenters. The molecule has 1 N–H and O–H groups in total. The summed E-state index contributed by atoms with van der Waals surface area (Å²) < 4.78 is 28.2. The molecule has 0 saturated heterocycles. The number of hydrogen-bond acceptors (Lipinski definition) is 2. The minimum absolute atomic E-state index is 0.220. The number of aryl methyl sites for hydroxylation is 1. The van der Waals surface area contributed by atoms with Gasteiger partial charge in [-0.15, -0.1) is 6.58 Å². The predicted octanol–water partition coefficient (Wildman–Crippen LogP) is 4.76. The Labute approximate surface area is 145 Å². The first kappa shape index (κ1) is 18.4. The van der Waals surface area contributed by atoms with E-state index in [1.165, 1.54) is 0 Å². The summed E-state index contributed by atoms with van der Waals surface area (Å²) >= 11 is 0. The monoisotopic (exact) mass is 343 g/mol. The van der Waals surface area contributed by atoms with Gasteiger partial charge in [0.1, 0.15) is 0 Å². The summed E-state index contributed by atoms with van der Waals surface area (Å²) in [6.45, 7) is 5.67. The maximum absolute atomic E-state index is 12.7. The van der Waals surface area contributed by atoms with E-state index in [1.54, 1.807) is 12.1 Å². The van der Waals surface area contributed by atoms with Gasteiger partial charge in [-0.05, 0) is 43.9 Å². The van der Waals surface area contributed by atoms with Crippen LogP contribution in [0.2, 0.25) is 0 Å². The van der Waals surface area contributed by atoms with Crippen molar-refractivity contribution in [2.45, 2.75) is 43.5 Å². The number of benzene rings is 2. The van der Waals surface area contributed by atoms with Crippen LogP contribution in [0.3, 0.4) is 0 Å². The second-order valence-electron chi connectivity index (χ2n) is 5.97. The summed E-state index contributed by atoms with van der Waals surface area (Å²) in [5.74, 6) is 0. The lowest BCUT2D eigenvalue weighted by Gasteiger charge is -2.19. The van der Waals surface area contributed by atoms with E-state index in [0.717, 1.165) is 36.8 Å². The molecular weight excluding hydrogens is 318 g/mol. The average molecular weight is 343 g/mol. The third-order valence-corrected chi connectivity index (χ3v) is 5.47. The molecule has 0 aromatic heterocycles. The summed E-state index contributed by atoms with van der Waals surface area (Å²) in [4.78, 5) is 0.306. The molecule has 24 heavy (non-hydrogen) atoms. The standard InChI is InChI=1S/C20H25NO2S/c1-3-4-5-9-12-20(18-10-7-6-8-11-18)21-24(22,23)19-15-13-17(2)14-16-19/h3,6-8,10-11,13-16,20-21H,1,4-5,9,12H2,2H3. The molecule has 2 rings (SSSR count). The first-order chi connectivity index (χ1) is 11.5. The van der Waals surface area contributed by atoms with Crippen LogP contribution in [0.25, 0.3) is 0 Å². The van der Waals surface area contributed by atoms with E-state index >= 15 is 0 Å². The molecule has 0 radical (unpaired) electrons. The minimum atomic E-state index is -3.54. The summed E-state index contributed by atoms with van der Waals surface area (Å²) in [5.41, 5.74) is 2.03. The second kappa shape index (κ2) is 8.81. The Balaban J connectivity index is 2.17. The van der Waals surface area contributed by atoms with Gasteiger partial charge in [0.2, 0.25) is 10.0 Å². The minimum Gasteiger partial charge on any atom is -0.207 e. The maximum Gasteiger partial charge on any atom is 0.241 e. The molecule has 1 unspecified atom stereocenters. The topological polar surface area (TPSA) is 46.2 Å². The Morgan fingerprint density at radius 2 is 1.71 bits per heavy atom. The molecule has 0 saturated carbocycles. The smallest absolute Gasteiger partial charge is 0.207 e. The number of unbranched alkanes of at least 4 members (excludes halogenated alkanes) is 2. The van der Waals surface area contributed by atoms with Crippen LogP contribution >= 0.6 is 0 Å². The van der Waals surface area contributed by atoms with Crippen LogP contribution in [0, 0.1) is 6.92 Å². The lowest BCUT2D eigenvalue weighted by molar-refractivity contribution is 0.521. The van der Waals surface area contributed by atoms with Gasteiger partial charge >= 0.3 is 0 Å². The van der Waals surface area contributed by atoms with E-state index in [4.69, 9.17) is 0 Å². The highest BCUT2D eigenvalue weighted by molar-refractivity contribution is 7.89. The van der Waals surface area contributed by atoms with E-state index < -0.39 is 10.0 Å². The van der Waals surface area contributed by atoms with Crippen molar-refractivity contribution in [2.24, 2.45) is 0 Å². The summed E-state index contributed by atoms with van der Waals surface area (Å²) in [5, 5.41) is 0. The first-order valence-corrected chi connectivity index (χ1v) is 9.76. The molecule has 0 heterocycles. The van der Waals surface area contributed by atoms with Gasteiger partial charge in [-0.25, -0.2) is 13.1 Å². The lowest BCUT2D eigenvalue weighted by atomic mass is 10.0. The summed E-state index contributed by atoms with van der Waals surface area (Å²) in [6, 6.07) is 16.5. The van der Waals surface area contributed by atoms with E-state index in [1.807, 2.05) is 55.5 Å². The van der Waals surface area contributed by atoms with Crippen molar-refractivity contribution < 1.29 is 8.42 Å². The third kappa shape index (κ3) is 5.32. The zero-order valence-corrected chi connectivity index (χ0v) is 14.9. The average Bonchev–Trinajstić information content (AvgIpc) is 2.59. The van der Waals surface area contributed by atoms with Crippen LogP contribution in [-0.2, 0) is 10.0 Å². The third-order valence-electron chi connectivity index (χ3n) is 3.98. The SMILES string of the molecule is C=CCCCCC(NS(=O)(=O)c1ccc(C)cc1)c1ccccc1. The Hall–Kier alpha value is -1.91. The number of hydrogen-bond donors (Lipinski definition) is 1. The molecule has 128 valence electrons. The zero-order chi connectivity index (χ0) is 17.4. The maximum atomic E-state index is 12.7. The fourth-order valence-electron chi connectivity index (χ4n) is 2.59. The van der Waals surface area contributed by atoms with Crippen molar-refractivity contribution in [2.75, 3.05) is 0 Å². The van der Waals surface area contributed by atoms with Gasteiger partial charge in [0.25, 0.3) is 0 Å². The number of sulfonamides is 1. The Kier molecular flexibility index (Phi) is 6.76. The van der Waals surface area contributed by atoms with Gasteiger partial charge in [-0.1, -0.05) is 60.5 Å². The second-order valence-corrected chi connectivity index (χ2v) is 7.68. The zero-order valence-electron chi connectivity index (χ0n) is 14.1. The van der Waals surface area contributed by atoms with Crippen LogP contribution in [0.1, 0.15) is 42.9 Å². The van der Waals surface area contributed by atoms with Gasteiger partial charge in [0.05, 0.1) is 4.90 Å². The molecule has 2 aromatic carbocycles. The molecule has 2 aromatic rings. The molecule has 0 fully saturated rings. The normalized spacial score (nSPS) is 12.7. The van der Waals surface area contributed by atoms with Gasteiger partial charge in [0, 0.05) is 6.04 Å². The van der Waals surface area contributed by atoms with Crippen molar-refractivity contribution in [3.05, 3.63) is 78.4 Å². The molecule has 3 nitrogen and oxygen atoms in total. The molecule has 0 aliphatic rings. The molecule has 0 aliphatic heterocycles. The highest BCUT2D eigenvalue weighted by Gasteiger charge is 2.21. The van der Waals surface area contributed by atoms with E-state index in [-0.39, 0.29) is 6.04 Å². The van der Waals surface area contributed by atoms with E-state index in [9.17, 15) is 8.42 Å². The molecule has 0 spiro atoms. The van der Waals surface area contributed by atoms with Gasteiger partial charge in [-0.3, -0.25) is 0 Å². The van der Waals surface area contributed by atoms with Crippen LogP contribution in [0.4, 0.5) is 0 Å². The molecule has 0 bridgehead atoms. The predicted molar refractivity (Wildman–Crippen MR) is 99.3 cm³/mol. The molecule has 0 aliphatic carbocycles. The fraction of sp³-hybridized carbons (Fsp3) is 0.300. The molecule has 4 heteroatoms. The highest BCUT2D eigenvalue weighted by atomic mass is 32.2. The van der Waals surface area contributed by atoms with Crippen molar-refractivity contribution in [1.29, 1.82) is 0 Å². The summed E-state index contributed by atoms with van der Waals surface area (Å²) in [7, 11) is -3.54. The van der Waals surface area contributed by atoms with Crippen molar-refractivity contribution in [1.82, 2.24) is 4.72 Å². The summed E-state index contributed by atoms with van der Waals surface area (Å²) in [6.07, 6.45) is 5.57. The highest BCUT2D eigenvalue weighted by Crippen LogP contribution is 2.23. The Bertz CT molecular complexity index is 737. The first-order valence-electron chi connectivity index (χ1n) is 8.28.